The van der Waals surface area contributed by atoms with E-state index in [1.807, 2.05) is 18.2 Å². The van der Waals surface area contributed by atoms with Gasteiger partial charge in [0.15, 0.2) is 5.69 Å². The topological polar surface area (TPSA) is 43.0 Å². The molecule has 1 aliphatic rings. The third-order valence-electron chi connectivity index (χ3n) is 3.09. The maximum Gasteiger partial charge on any atom is 0.193 e. The minimum Gasteiger partial charge on any atom is -0.393 e. The van der Waals surface area contributed by atoms with Crippen molar-refractivity contribution in [2.45, 2.75) is 25.0 Å². The van der Waals surface area contributed by atoms with Crippen LogP contribution in [0, 0.1) is 6.57 Å². The van der Waals surface area contributed by atoms with Crippen LogP contribution in [-0.4, -0.2) is 31.0 Å². The molecule has 1 aromatic carbocycles. The van der Waals surface area contributed by atoms with Gasteiger partial charge in [-0.2, -0.15) is 0 Å². The molecule has 1 aliphatic heterocycles. The minimum atomic E-state index is -0.418. The Balaban J connectivity index is 2.10. The molecule has 1 N–H and O–H groups in total. The monoisotopic (exact) mass is 247 g/mol. The van der Waals surface area contributed by atoms with E-state index in [4.69, 9.17) is 16.0 Å². The number of ether oxygens (including phenoxy) is 2. The highest BCUT2D eigenvalue weighted by Crippen LogP contribution is 2.30. The highest BCUT2D eigenvalue weighted by Gasteiger charge is 2.21. The molecule has 96 valence electrons. The largest absolute Gasteiger partial charge is 0.393 e. The van der Waals surface area contributed by atoms with Crippen molar-refractivity contribution in [1.82, 2.24) is 0 Å². The first-order chi connectivity index (χ1) is 8.85. The van der Waals surface area contributed by atoms with Gasteiger partial charge in [-0.05, 0) is 18.4 Å². The summed E-state index contributed by atoms with van der Waals surface area (Å²) in [4.78, 5) is 3.47. The third-order valence-corrected chi connectivity index (χ3v) is 3.09. The van der Waals surface area contributed by atoms with E-state index in [1.54, 1.807) is 6.07 Å². The predicted octanol–water partition coefficient (Wildman–Crippen LogP) is 2.47. The second-order valence-corrected chi connectivity index (χ2v) is 4.29. The summed E-state index contributed by atoms with van der Waals surface area (Å²) in [5, 5.41) is 9.47. The Morgan fingerprint density at radius 2 is 2.11 bits per heavy atom. The Labute approximate surface area is 107 Å². The van der Waals surface area contributed by atoms with Crippen LogP contribution < -0.4 is 0 Å². The smallest absolute Gasteiger partial charge is 0.193 e. The predicted molar refractivity (Wildman–Crippen MR) is 67.5 cm³/mol. The molecule has 0 aromatic heterocycles. The Morgan fingerprint density at radius 1 is 1.39 bits per heavy atom. The van der Waals surface area contributed by atoms with Gasteiger partial charge in [0.2, 0.25) is 0 Å². The number of hydrogen-bond donors (Lipinski definition) is 1. The molecule has 0 radical (unpaired) electrons. The summed E-state index contributed by atoms with van der Waals surface area (Å²) in [7, 11) is 0. The average molecular weight is 247 g/mol. The first-order valence-electron chi connectivity index (χ1n) is 6.15. The van der Waals surface area contributed by atoms with Crippen LogP contribution in [0.5, 0.6) is 0 Å². The lowest BCUT2D eigenvalue weighted by Gasteiger charge is -2.27. The van der Waals surface area contributed by atoms with Gasteiger partial charge in [-0.25, -0.2) is 4.85 Å². The molecule has 1 atom stereocenters. The average Bonchev–Trinajstić information content (AvgIpc) is 2.46. The number of hydrogen-bond acceptors (Lipinski definition) is 3. The summed E-state index contributed by atoms with van der Waals surface area (Å²) in [6.45, 7) is 8.44. The molecule has 0 spiro atoms. The molecule has 1 saturated heterocycles. The summed E-state index contributed by atoms with van der Waals surface area (Å²) < 4.78 is 11.2. The SMILES string of the molecule is [C-]#[N+]c1ccccc1C(CO)OC1CCOCC1. The zero-order valence-electron chi connectivity index (χ0n) is 10.2. The molecular formula is C14H17NO3. The zero-order chi connectivity index (χ0) is 12.8. The molecule has 1 aromatic rings. The number of nitrogens with zero attached hydrogens (tertiary/aromatic N) is 1. The lowest BCUT2D eigenvalue weighted by Crippen LogP contribution is -2.26. The van der Waals surface area contributed by atoms with Gasteiger partial charge in [-0.1, -0.05) is 24.3 Å². The van der Waals surface area contributed by atoms with Crippen molar-refractivity contribution in [2.75, 3.05) is 19.8 Å². The quantitative estimate of drug-likeness (QED) is 0.831. The van der Waals surface area contributed by atoms with Gasteiger partial charge in [-0.15, -0.1) is 0 Å². The third kappa shape index (κ3) is 3.08. The van der Waals surface area contributed by atoms with E-state index >= 15 is 0 Å². The summed E-state index contributed by atoms with van der Waals surface area (Å²) in [6.07, 6.45) is 1.38. The first-order valence-corrected chi connectivity index (χ1v) is 6.15. The Hall–Kier alpha value is -1.41. The van der Waals surface area contributed by atoms with E-state index in [1.165, 1.54) is 0 Å². The summed E-state index contributed by atoms with van der Waals surface area (Å²) >= 11 is 0. The number of aliphatic hydroxyl groups excluding tert-OH is 1. The van der Waals surface area contributed by atoms with Gasteiger partial charge >= 0.3 is 0 Å². The first kappa shape index (κ1) is 13.0. The lowest BCUT2D eigenvalue weighted by atomic mass is 10.1. The zero-order valence-corrected chi connectivity index (χ0v) is 10.2. The van der Waals surface area contributed by atoms with E-state index in [0.29, 0.717) is 18.9 Å². The van der Waals surface area contributed by atoms with E-state index in [0.717, 1.165) is 18.4 Å². The van der Waals surface area contributed by atoms with E-state index in [2.05, 4.69) is 4.85 Å². The molecule has 4 heteroatoms. The van der Waals surface area contributed by atoms with Gasteiger partial charge in [-0.3, -0.25) is 0 Å². The lowest BCUT2D eigenvalue weighted by molar-refractivity contribution is -0.0845. The van der Waals surface area contributed by atoms with Crippen LogP contribution >= 0.6 is 0 Å². The Kier molecular flexibility index (Phi) is 4.71. The van der Waals surface area contributed by atoms with Gasteiger partial charge in [0, 0.05) is 13.2 Å². The standard InChI is InChI=1S/C14H17NO3/c1-15-13-5-3-2-4-12(13)14(10-16)18-11-6-8-17-9-7-11/h2-5,11,14,16H,6-10H2. The van der Waals surface area contributed by atoms with Gasteiger partial charge in [0.25, 0.3) is 0 Å². The fourth-order valence-electron chi connectivity index (χ4n) is 2.12. The normalized spacial score (nSPS) is 18.2. The van der Waals surface area contributed by atoms with Crippen molar-refractivity contribution in [3.63, 3.8) is 0 Å². The second-order valence-electron chi connectivity index (χ2n) is 4.29. The molecule has 0 saturated carbocycles. The molecule has 1 unspecified atom stereocenters. The summed E-state index contributed by atoms with van der Waals surface area (Å²) in [6, 6.07) is 7.27. The van der Waals surface area contributed by atoms with Crippen LogP contribution in [0.25, 0.3) is 4.85 Å². The highest BCUT2D eigenvalue weighted by atomic mass is 16.5. The molecule has 1 fully saturated rings. The molecule has 0 bridgehead atoms. The van der Waals surface area contributed by atoms with Crippen LogP contribution in [0.4, 0.5) is 5.69 Å². The maximum absolute atomic E-state index is 9.47. The van der Waals surface area contributed by atoms with Crippen molar-refractivity contribution in [2.24, 2.45) is 0 Å². The highest BCUT2D eigenvalue weighted by molar-refractivity contribution is 5.53. The fourth-order valence-corrected chi connectivity index (χ4v) is 2.12. The molecule has 4 nitrogen and oxygen atoms in total. The summed E-state index contributed by atoms with van der Waals surface area (Å²) in [5.41, 5.74) is 1.31. The minimum absolute atomic E-state index is 0.106. The van der Waals surface area contributed by atoms with Crippen LogP contribution in [0.15, 0.2) is 24.3 Å². The van der Waals surface area contributed by atoms with Crippen molar-refractivity contribution in [3.8, 4) is 0 Å². The maximum atomic E-state index is 9.47. The molecule has 18 heavy (non-hydrogen) atoms. The Morgan fingerprint density at radius 3 is 2.78 bits per heavy atom. The Bertz CT molecular complexity index is 421. The fraction of sp³-hybridized carbons (Fsp3) is 0.500. The molecule has 0 aliphatic carbocycles. The molecular weight excluding hydrogens is 230 g/mol. The van der Waals surface area contributed by atoms with Gasteiger partial charge < -0.3 is 14.6 Å². The van der Waals surface area contributed by atoms with Crippen molar-refractivity contribution in [3.05, 3.63) is 41.2 Å². The van der Waals surface area contributed by atoms with Gasteiger partial charge in [0.1, 0.15) is 0 Å². The molecule has 1 heterocycles. The number of aliphatic hydroxyl groups is 1. The van der Waals surface area contributed by atoms with Gasteiger partial charge in [0.05, 0.1) is 25.4 Å². The van der Waals surface area contributed by atoms with Crippen molar-refractivity contribution < 1.29 is 14.6 Å². The van der Waals surface area contributed by atoms with Crippen LogP contribution in [0.1, 0.15) is 24.5 Å². The molecule has 0 amide bonds. The van der Waals surface area contributed by atoms with Crippen LogP contribution in [0.3, 0.4) is 0 Å². The summed E-state index contributed by atoms with van der Waals surface area (Å²) in [5.74, 6) is 0. The van der Waals surface area contributed by atoms with E-state index in [9.17, 15) is 5.11 Å². The second kappa shape index (κ2) is 6.50. The van der Waals surface area contributed by atoms with E-state index in [-0.39, 0.29) is 12.7 Å². The van der Waals surface area contributed by atoms with Crippen molar-refractivity contribution in [1.29, 1.82) is 0 Å². The van der Waals surface area contributed by atoms with Crippen LogP contribution in [-0.2, 0) is 9.47 Å². The number of para-hydroxylation sites is 1. The van der Waals surface area contributed by atoms with Crippen LogP contribution in [0.2, 0.25) is 0 Å². The number of benzene rings is 1. The van der Waals surface area contributed by atoms with E-state index < -0.39 is 6.10 Å². The van der Waals surface area contributed by atoms with Crippen molar-refractivity contribution >= 4 is 5.69 Å². The molecule has 2 rings (SSSR count). The number of rotatable bonds is 4.